The van der Waals surface area contributed by atoms with Gasteiger partial charge in [0.2, 0.25) is 0 Å². The zero-order chi connectivity index (χ0) is 11.6. The van der Waals surface area contributed by atoms with Gasteiger partial charge in [0, 0.05) is 6.20 Å². The van der Waals surface area contributed by atoms with Crippen LogP contribution in [0.4, 0.5) is 13.2 Å². The molecular formula is C7H6F3N3O2. The van der Waals surface area contributed by atoms with Crippen LogP contribution in [0.2, 0.25) is 0 Å². The highest BCUT2D eigenvalue weighted by Crippen LogP contribution is 2.27. The van der Waals surface area contributed by atoms with E-state index in [-0.39, 0.29) is 0 Å². The quantitative estimate of drug-likeness (QED) is 0.762. The van der Waals surface area contributed by atoms with Crippen molar-refractivity contribution in [2.24, 2.45) is 5.73 Å². The summed E-state index contributed by atoms with van der Waals surface area (Å²) in [5, 5.41) is 8.44. The highest BCUT2D eigenvalue weighted by Gasteiger charge is 2.33. The van der Waals surface area contributed by atoms with Crippen molar-refractivity contribution in [1.29, 1.82) is 0 Å². The fourth-order valence-corrected chi connectivity index (χ4v) is 0.792. The number of alkyl halides is 3. The molecular weight excluding hydrogens is 215 g/mol. The van der Waals surface area contributed by atoms with Crippen LogP contribution in [0.5, 0.6) is 0 Å². The normalized spacial score (nSPS) is 13.6. The van der Waals surface area contributed by atoms with E-state index in [0.29, 0.717) is 6.07 Å². The zero-order valence-corrected chi connectivity index (χ0v) is 7.19. The van der Waals surface area contributed by atoms with Crippen LogP contribution in [0.25, 0.3) is 0 Å². The largest absolute Gasteiger partial charge is 0.480 e. The number of aliphatic carboxylic acids is 1. The van der Waals surface area contributed by atoms with E-state index in [2.05, 4.69) is 9.97 Å². The van der Waals surface area contributed by atoms with Crippen LogP contribution in [-0.2, 0) is 11.0 Å². The summed E-state index contributed by atoms with van der Waals surface area (Å²) < 4.78 is 36.5. The van der Waals surface area contributed by atoms with Gasteiger partial charge < -0.3 is 10.8 Å². The summed E-state index contributed by atoms with van der Waals surface area (Å²) in [5.41, 5.74) is 3.84. The van der Waals surface area contributed by atoms with Gasteiger partial charge in [-0.05, 0) is 6.07 Å². The molecule has 0 fully saturated rings. The first-order valence-corrected chi connectivity index (χ1v) is 3.71. The molecule has 3 N–H and O–H groups in total. The zero-order valence-electron chi connectivity index (χ0n) is 7.19. The number of carboxylic acid groups (broad SMARTS) is 1. The molecule has 8 heteroatoms. The van der Waals surface area contributed by atoms with Gasteiger partial charge in [-0.2, -0.15) is 13.2 Å². The Hall–Kier alpha value is -1.70. The first-order chi connectivity index (χ1) is 6.82. The number of hydrogen-bond donors (Lipinski definition) is 2. The van der Waals surface area contributed by atoms with Crippen molar-refractivity contribution >= 4 is 5.97 Å². The number of carboxylic acids is 1. The van der Waals surface area contributed by atoms with Gasteiger partial charge in [0.05, 0.1) is 0 Å². The minimum absolute atomic E-state index is 0.572. The molecule has 1 rings (SSSR count). The predicted molar refractivity (Wildman–Crippen MR) is 41.6 cm³/mol. The number of carbonyl (C=O) groups is 1. The second kappa shape index (κ2) is 3.81. The number of aromatic nitrogens is 2. The number of rotatable bonds is 2. The average molecular weight is 221 g/mol. The second-order valence-electron chi connectivity index (χ2n) is 2.61. The molecule has 0 aliphatic rings. The van der Waals surface area contributed by atoms with E-state index in [0.717, 1.165) is 6.20 Å². The van der Waals surface area contributed by atoms with Crippen molar-refractivity contribution in [2.45, 2.75) is 12.2 Å². The Bertz CT molecular complexity index is 380. The minimum Gasteiger partial charge on any atom is -0.480 e. The highest BCUT2D eigenvalue weighted by atomic mass is 19.4. The van der Waals surface area contributed by atoms with Crippen molar-refractivity contribution in [3.8, 4) is 0 Å². The lowest BCUT2D eigenvalue weighted by Crippen LogP contribution is -2.24. The third-order valence-corrected chi connectivity index (χ3v) is 1.51. The SMILES string of the molecule is NC(C(=O)O)c1nccc(C(F)(F)F)n1. The summed E-state index contributed by atoms with van der Waals surface area (Å²) in [4.78, 5) is 16.8. The second-order valence-corrected chi connectivity index (χ2v) is 2.61. The van der Waals surface area contributed by atoms with E-state index in [9.17, 15) is 18.0 Å². The maximum absolute atomic E-state index is 12.2. The molecule has 0 spiro atoms. The molecule has 0 amide bonds. The third-order valence-electron chi connectivity index (χ3n) is 1.51. The van der Waals surface area contributed by atoms with Crippen LogP contribution in [-0.4, -0.2) is 21.0 Å². The monoisotopic (exact) mass is 221 g/mol. The predicted octanol–water partition coefficient (Wildman–Crippen LogP) is 0.580. The highest BCUT2D eigenvalue weighted by molar-refractivity contribution is 5.73. The van der Waals surface area contributed by atoms with Crippen LogP contribution in [0.1, 0.15) is 17.6 Å². The number of nitrogens with two attached hydrogens (primary N) is 1. The fraction of sp³-hybridized carbons (Fsp3) is 0.286. The molecule has 0 aliphatic heterocycles. The van der Waals surface area contributed by atoms with Crippen LogP contribution < -0.4 is 5.73 Å². The van der Waals surface area contributed by atoms with Gasteiger partial charge in [-0.3, -0.25) is 4.79 Å². The number of hydrogen-bond acceptors (Lipinski definition) is 4. The van der Waals surface area contributed by atoms with E-state index in [1.807, 2.05) is 0 Å². The summed E-state index contributed by atoms with van der Waals surface area (Å²) in [5.74, 6) is -2.06. The molecule has 1 aromatic heterocycles. The molecule has 0 saturated carbocycles. The molecule has 0 aromatic carbocycles. The minimum atomic E-state index is -4.64. The summed E-state index contributed by atoms with van der Waals surface area (Å²) >= 11 is 0. The van der Waals surface area contributed by atoms with Crippen molar-refractivity contribution in [1.82, 2.24) is 9.97 Å². The van der Waals surface area contributed by atoms with Gasteiger partial charge in [-0.15, -0.1) is 0 Å². The lowest BCUT2D eigenvalue weighted by atomic mass is 10.3. The van der Waals surface area contributed by atoms with Crippen LogP contribution in [0, 0.1) is 0 Å². The molecule has 1 atom stereocenters. The van der Waals surface area contributed by atoms with Gasteiger partial charge >= 0.3 is 12.1 Å². The lowest BCUT2D eigenvalue weighted by molar-refractivity contribution is -0.143. The summed E-state index contributed by atoms with van der Waals surface area (Å²) in [6.45, 7) is 0. The van der Waals surface area contributed by atoms with Crippen molar-refractivity contribution in [3.63, 3.8) is 0 Å². The van der Waals surface area contributed by atoms with Crippen molar-refractivity contribution in [3.05, 3.63) is 23.8 Å². The Labute approximate surface area is 81.8 Å². The first-order valence-electron chi connectivity index (χ1n) is 3.71. The van der Waals surface area contributed by atoms with Crippen LogP contribution in [0.3, 0.4) is 0 Å². The van der Waals surface area contributed by atoms with Gasteiger partial charge in [0.25, 0.3) is 0 Å². The Balaban J connectivity index is 3.08. The summed E-state index contributed by atoms with van der Waals surface area (Å²) in [7, 11) is 0. The molecule has 0 aliphatic carbocycles. The Morgan fingerprint density at radius 1 is 1.53 bits per heavy atom. The van der Waals surface area contributed by atoms with Crippen LogP contribution >= 0.6 is 0 Å². The summed E-state index contributed by atoms with van der Waals surface area (Å²) in [6, 6.07) is -1.02. The molecule has 5 nitrogen and oxygen atoms in total. The Morgan fingerprint density at radius 3 is 2.60 bits per heavy atom. The van der Waals surface area contributed by atoms with Gasteiger partial charge in [0.1, 0.15) is 5.69 Å². The number of nitrogens with zero attached hydrogens (tertiary/aromatic N) is 2. The standard InChI is InChI=1S/C7H6F3N3O2/c8-7(9,10)3-1-2-12-5(13-3)4(11)6(14)15/h1-2,4H,11H2,(H,14,15). The maximum atomic E-state index is 12.2. The molecule has 0 bridgehead atoms. The summed E-state index contributed by atoms with van der Waals surface area (Å²) in [6.07, 6.45) is -3.83. The third kappa shape index (κ3) is 2.62. The van der Waals surface area contributed by atoms with Crippen LogP contribution in [0.15, 0.2) is 12.3 Å². The molecule has 82 valence electrons. The molecule has 1 unspecified atom stereocenters. The maximum Gasteiger partial charge on any atom is 0.433 e. The van der Waals surface area contributed by atoms with Crippen molar-refractivity contribution < 1.29 is 23.1 Å². The van der Waals surface area contributed by atoms with E-state index in [1.54, 1.807) is 0 Å². The number of halogens is 3. The topological polar surface area (TPSA) is 89.1 Å². The first kappa shape index (κ1) is 11.4. The molecule has 0 radical (unpaired) electrons. The molecule has 1 aromatic rings. The van der Waals surface area contributed by atoms with Crippen molar-refractivity contribution in [2.75, 3.05) is 0 Å². The molecule has 1 heterocycles. The average Bonchev–Trinajstić information content (AvgIpc) is 2.15. The van der Waals surface area contributed by atoms with Gasteiger partial charge in [-0.1, -0.05) is 0 Å². The molecule has 0 saturated heterocycles. The van der Waals surface area contributed by atoms with E-state index >= 15 is 0 Å². The van der Waals surface area contributed by atoms with Gasteiger partial charge in [0.15, 0.2) is 11.9 Å². The van der Waals surface area contributed by atoms with E-state index < -0.39 is 29.7 Å². The Morgan fingerprint density at radius 2 is 2.13 bits per heavy atom. The smallest absolute Gasteiger partial charge is 0.433 e. The van der Waals surface area contributed by atoms with Gasteiger partial charge in [-0.25, -0.2) is 9.97 Å². The van der Waals surface area contributed by atoms with E-state index in [4.69, 9.17) is 10.8 Å². The Kier molecular flexibility index (Phi) is 2.89. The fourth-order valence-electron chi connectivity index (χ4n) is 0.792. The lowest BCUT2D eigenvalue weighted by Gasteiger charge is -2.08. The molecule has 15 heavy (non-hydrogen) atoms. The van der Waals surface area contributed by atoms with E-state index in [1.165, 1.54) is 0 Å².